The van der Waals surface area contributed by atoms with Gasteiger partial charge in [0.05, 0.1) is 13.0 Å². The highest BCUT2D eigenvalue weighted by Gasteiger charge is 2.39. The minimum Gasteiger partial charge on any atom is -0.465 e. The number of nitrogens with one attached hydrogen (secondary N) is 1. The van der Waals surface area contributed by atoms with E-state index in [9.17, 15) is 14.4 Å². The molecule has 2 aliphatic rings. The van der Waals surface area contributed by atoms with Gasteiger partial charge in [0.1, 0.15) is 5.92 Å². The normalized spacial score (nSPS) is 24.2. The van der Waals surface area contributed by atoms with Crippen molar-refractivity contribution in [2.24, 2.45) is 5.92 Å². The van der Waals surface area contributed by atoms with E-state index >= 15 is 0 Å². The molecule has 0 spiro atoms. The fourth-order valence-electron chi connectivity index (χ4n) is 2.10. The number of Topliss-reactive ketones (excluding diaryl/α,β-unsaturated/α-hetero) is 1. The lowest BCUT2D eigenvalue weighted by Crippen LogP contribution is -2.31. The smallest absolute Gasteiger partial charge is 0.316 e. The Morgan fingerprint density at radius 2 is 2.25 bits per heavy atom. The minimum atomic E-state index is -0.716. The van der Waals surface area contributed by atoms with Gasteiger partial charge in [-0.25, -0.2) is 0 Å². The number of carbonyl (C=O) groups excluding carboxylic acids is 3. The molecule has 2 rings (SSSR count). The Hall–Kier alpha value is -1.65. The molecule has 1 aliphatic heterocycles. The van der Waals surface area contributed by atoms with Gasteiger partial charge in [-0.3, -0.25) is 14.4 Å². The van der Waals surface area contributed by atoms with Gasteiger partial charge in [0.2, 0.25) is 5.91 Å². The van der Waals surface area contributed by atoms with Crippen LogP contribution in [0.1, 0.15) is 26.2 Å². The third-order valence-electron chi connectivity index (χ3n) is 2.86. The number of hydrogen-bond donors (Lipinski definition) is 1. The molecule has 1 aliphatic carbocycles. The van der Waals surface area contributed by atoms with Crippen LogP contribution in [0.25, 0.3) is 0 Å². The van der Waals surface area contributed by atoms with Gasteiger partial charge in [-0.1, -0.05) is 0 Å². The Bertz CT molecular complexity index is 397. The topological polar surface area (TPSA) is 72.5 Å². The number of allylic oxidation sites excluding steroid dienone is 1. The second-order valence-corrected chi connectivity index (χ2v) is 3.89. The van der Waals surface area contributed by atoms with Crippen LogP contribution >= 0.6 is 0 Å². The zero-order valence-corrected chi connectivity index (χ0v) is 9.04. The predicted molar refractivity (Wildman–Crippen MR) is 54.1 cm³/mol. The van der Waals surface area contributed by atoms with Gasteiger partial charge in [-0.15, -0.1) is 0 Å². The summed E-state index contributed by atoms with van der Waals surface area (Å²) in [6.45, 7) is 1.97. The van der Waals surface area contributed by atoms with Crippen molar-refractivity contribution in [1.82, 2.24) is 5.32 Å². The SMILES string of the molecule is CCOC(=O)C1CCC2=C(CC(=O)N2)C1=O. The molecule has 0 fully saturated rings. The Balaban J connectivity index is 2.15. The number of ether oxygens (including phenoxy) is 1. The highest BCUT2D eigenvalue weighted by molar-refractivity contribution is 6.13. The lowest BCUT2D eigenvalue weighted by atomic mass is 9.85. The van der Waals surface area contributed by atoms with Crippen LogP contribution in [0.15, 0.2) is 11.3 Å². The molecule has 86 valence electrons. The average Bonchev–Trinajstić information content (AvgIpc) is 2.60. The maximum absolute atomic E-state index is 11.9. The molecular formula is C11H13NO4. The Kier molecular flexibility index (Phi) is 2.77. The van der Waals surface area contributed by atoms with Crippen molar-refractivity contribution in [2.45, 2.75) is 26.2 Å². The number of hydrogen-bond acceptors (Lipinski definition) is 4. The first-order valence-electron chi connectivity index (χ1n) is 5.36. The molecule has 0 saturated heterocycles. The molecule has 1 amide bonds. The van der Waals surface area contributed by atoms with Crippen molar-refractivity contribution in [3.05, 3.63) is 11.3 Å². The van der Waals surface area contributed by atoms with Crippen molar-refractivity contribution in [1.29, 1.82) is 0 Å². The summed E-state index contributed by atoms with van der Waals surface area (Å²) in [5, 5.41) is 2.65. The molecule has 0 aromatic rings. The van der Waals surface area contributed by atoms with Crippen molar-refractivity contribution in [2.75, 3.05) is 6.61 Å². The summed E-state index contributed by atoms with van der Waals surface area (Å²) in [6, 6.07) is 0. The van der Waals surface area contributed by atoms with Crippen molar-refractivity contribution in [3.8, 4) is 0 Å². The van der Waals surface area contributed by atoms with E-state index in [0.717, 1.165) is 0 Å². The van der Waals surface area contributed by atoms with Crippen LogP contribution < -0.4 is 5.32 Å². The molecular weight excluding hydrogens is 210 g/mol. The fourth-order valence-corrected chi connectivity index (χ4v) is 2.10. The molecule has 0 aromatic carbocycles. The molecule has 5 nitrogen and oxygen atoms in total. The van der Waals surface area contributed by atoms with Crippen LogP contribution in [-0.2, 0) is 19.1 Å². The number of esters is 1. The average molecular weight is 223 g/mol. The Morgan fingerprint density at radius 1 is 1.50 bits per heavy atom. The van der Waals surface area contributed by atoms with Crippen LogP contribution in [0.3, 0.4) is 0 Å². The summed E-state index contributed by atoms with van der Waals surface area (Å²) in [5.41, 5.74) is 1.16. The number of carbonyl (C=O) groups is 3. The Morgan fingerprint density at radius 3 is 2.94 bits per heavy atom. The molecule has 1 N–H and O–H groups in total. The van der Waals surface area contributed by atoms with Crippen molar-refractivity contribution < 1.29 is 19.1 Å². The second-order valence-electron chi connectivity index (χ2n) is 3.89. The summed E-state index contributed by atoms with van der Waals surface area (Å²) < 4.78 is 4.84. The van der Waals surface area contributed by atoms with E-state index in [2.05, 4.69) is 5.32 Å². The fraction of sp³-hybridized carbons (Fsp3) is 0.545. The molecule has 1 heterocycles. The van der Waals surface area contributed by atoms with Crippen molar-refractivity contribution >= 4 is 17.7 Å². The molecule has 16 heavy (non-hydrogen) atoms. The summed E-state index contributed by atoms with van der Waals surface area (Å²) in [4.78, 5) is 34.6. The zero-order valence-electron chi connectivity index (χ0n) is 9.04. The highest BCUT2D eigenvalue weighted by Crippen LogP contribution is 2.31. The van der Waals surface area contributed by atoms with Crippen LogP contribution in [0, 0.1) is 5.92 Å². The van der Waals surface area contributed by atoms with Gasteiger partial charge in [0.25, 0.3) is 0 Å². The maximum Gasteiger partial charge on any atom is 0.316 e. The molecule has 0 aromatic heterocycles. The molecule has 0 bridgehead atoms. The van der Waals surface area contributed by atoms with Gasteiger partial charge in [0.15, 0.2) is 5.78 Å². The van der Waals surface area contributed by atoms with Crippen LogP contribution in [-0.4, -0.2) is 24.3 Å². The summed E-state index contributed by atoms with van der Waals surface area (Å²) in [5.74, 6) is -1.61. The third-order valence-corrected chi connectivity index (χ3v) is 2.86. The van der Waals surface area contributed by atoms with E-state index in [1.165, 1.54) is 0 Å². The highest BCUT2D eigenvalue weighted by atomic mass is 16.5. The molecule has 1 unspecified atom stereocenters. The second kappa shape index (κ2) is 4.08. The largest absolute Gasteiger partial charge is 0.465 e. The van der Waals surface area contributed by atoms with Gasteiger partial charge < -0.3 is 10.1 Å². The van der Waals surface area contributed by atoms with Crippen molar-refractivity contribution in [3.63, 3.8) is 0 Å². The van der Waals surface area contributed by atoms with E-state index in [0.29, 0.717) is 24.1 Å². The summed E-state index contributed by atoms with van der Waals surface area (Å²) >= 11 is 0. The number of ketones is 1. The van der Waals surface area contributed by atoms with E-state index in [1.54, 1.807) is 6.92 Å². The third kappa shape index (κ3) is 1.73. The first-order chi connectivity index (χ1) is 7.63. The van der Waals surface area contributed by atoms with E-state index in [1.807, 2.05) is 0 Å². The maximum atomic E-state index is 11.9. The van der Waals surface area contributed by atoms with E-state index < -0.39 is 11.9 Å². The monoisotopic (exact) mass is 223 g/mol. The molecule has 5 heteroatoms. The van der Waals surface area contributed by atoms with Crippen LogP contribution in [0.4, 0.5) is 0 Å². The van der Waals surface area contributed by atoms with Gasteiger partial charge in [0, 0.05) is 11.3 Å². The first kappa shape index (κ1) is 10.9. The molecule has 0 radical (unpaired) electrons. The quantitative estimate of drug-likeness (QED) is 0.540. The Labute approximate surface area is 92.8 Å². The van der Waals surface area contributed by atoms with Crippen LogP contribution in [0.2, 0.25) is 0 Å². The lowest BCUT2D eigenvalue weighted by molar-refractivity contribution is -0.151. The minimum absolute atomic E-state index is 0.101. The molecule has 1 atom stereocenters. The number of rotatable bonds is 2. The summed E-state index contributed by atoms with van der Waals surface area (Å²) in [6.07, 6.45) is 1.09. The predicted octanol–water partition coefficient (Wildman–Crippen LogP) is 0.303. The van der Waals surface area contributed by atoms with Gasteiger partial charge >= 0.3 is 5.97 Å². The van der Waals surface area contributed by atoms with E-state index in [-0.39, 0.29) is 24.7 Å². The zero-order chi connectivity index (χ0) is 11.7. The van der Waals surface area contributed by atoms with Crippen LogP contribution in [0.5, 0.6) is 0 Å². The lowest BCUT2D eigenvalue weighted by Gasteiger charge is -2.20. The summed E-state index contributed by atoms with van der Waals surface area (Å²) in [7, 11) is 0. The van der Waals surface area contributed by atoms with E-state index in [4.69, 9.17) is 4.74 Å². The first-order valence-corrected chi connectivity index (χ1v) is 5.36. The molecule has 0 saturated carbocycles. The van der Waals surface area contributed by atoms with Gasteiger partial charge in [-0.2, -0.15) is 0 Å². The number of amides is 1. The standard InChI is InChI=1S/C11H13NO4/c1-2-16-11(15)6-3-4-8-7(10(6)14)5-9(13)12-8/h6H,2-5H2,1H3,(H,12,13). The van der Waals surface area contributed by atoms with Gasteiger partial charge in [-0.05, 0) is 19.8 Å².